The van der Waals surface area contributed by atoms with Gasteiger partial charge in [0, 0.05) is 6.42 Å². The van der Waals surface area contributed by atoms with Crippen LogP contribution in [0.2, 0.25) is 0 Å². The Morgan fingerprint density at radius 2 is 2.21 bits per heavy atom. The molecule has 1 saturated carbocycles. The topological polar surface area (TPSA) is 46.5 Å². The molecule has 0 unspecified atom stereocenters. The highest BCUT2D eigenvalue weighted by Crippen LogP contribution is 2.28. The molecule has 2 rings (SSSR count). The first-order chi connectivity index (χ1) is 9.15. The fraction of sp³-hybridized carbons (Fsp3) is 0.533. The van der Waals surface area contributed by atoms with Crippen molar-refractivity contribution in [1.29, 1.82) is 0 Å². The van der Waals surface area contributed by atoms with Gasteiger partial charge in [0.25, 0.3) is 0 Å². The Bertz CT molecular complexity index is 441. The SMILES string of the molecule is O=C(O)CCCc1ccc(OCC2CCC2)c(F)c1. The first-order valence-corrected chi connectivity index (χ1v) is 6.78. The third-order valence-corrected chi connectivity index (χ3v) is 3.55. The van der Waals surface area contributed by atoms with Crippen molar-refractivity contribution in [3.63, 3.8) is 0 Å². The molecule has 1 N–H and O–H groups in total. The highest BCUT2D eigenvalue weighted by atomic mass is 19.1. The Balaban J connectivity index is 1.83. The lowest BCUT2D eigenvalue weighted by Crippen LogP contribution is -2.19. The van der Waals surface area contributed by atoms with Gasteiger partial charge in [0.15, 0.2) is 11.6 Å². The molecular weight excluding hydrogens is 247 g/mol. The van der Waals surface area contributed by atoms with Gasteiger partial charge in [-0.3, -0.25) is 4.79 Å². The number of hydrogen-bond acceptors (Lipinski definition) is 2. The minimum Gasteiger partial charge on any atom is -0.490 e. The van der Waals surface area contributed by atoms with Crippen LogP contribution in [0.3, 0.4) is 0 Å². The number of ether oxygens (including phenoxy) is 1. The second-order valence-corrected chi connectivity index (χ2v) is 5.12. The molecule has 0 saturated heterocycles. The van der Waals surface area contributed by atoms with Gasteiger partial charge in [-0.1, -0.05) is 12.5 Å². The van der Waals surface area contributed by atoms with Gasteiger partial charge in [0.1, 0.15) is 0 Å². The molecule has 0 aromatic heterocycles. The molecule has 1 aliphatic rings. The molecule has 0 amide bonds. The summed E-state index contributed by atoms with van der Waals surface area (Å²) in [5.41, 5.74) is 0.815. The molecule has 0 atom stereocenters. The molecular formula is C15H19FO3. The molecule has 1 aliphatic carbocycles. The number of carbonyl (C=O) groups is 1. The van der Waals surface area contributed by atoms with Crippen molar-refractivity contribution in [2.45, 2.75) is 38.5 Å². The van der Waals surface area contributed by atoms with Crippen molar-refractivity contribution in [2.24, 2.45) is 5.92 Å². The minimum absolute atomic E-state index is 0.113. The van der Waals surface area contributed by atoms with Gasteiger partial charge in [0.2, 0.25) is 0 Å². The molecule has 104 valence electrons. The quantitative estimate of drug-likeness (QED) is 0.822. The van der Waals surface area contributed by atoms with Crippen LogP contribution in [0.15, 0.2) is 18.2 Å². The molecule has 0 bridgehead atoms. The molecule has 1 fully saturated rings. The van der Waals surface area contributed by atoms with Gasteiger partial charge in [-0.2, -0.15) is 0 Å². The van der Waals surface area contributed by atoms with Crippen LogP contribution in [0, 0.1) is 11.7 Å². The maximum Gasteiger partial charge on any atom is 0.303 e. The Kier molecular flexibility index (Phi) is 4.77. The van der Waals surface area contributed by atoms with Crippen molar-refractivity contribution < 1.29 is 19.0 Å². The molecule has 0 radical (unpaired) electrons. The summed E-state index contributed by atoms with van der Waals surface area (Å²) in [6.45, 7) is 0.593. The summed E-state index contributed by atoms with van der Waals surface area (Å²) in [5, 5.41) is 8.55. The Morgan fingerprint density at radius 1 is 1.42 bits per heavy atom. The van der Waals surface area contributed by atoms with Crippen LogP contribution < -0.4 is 4.74 Å². The Hall–Kier alpha value is -1.58. The molecule has 4 heteroatoms. The van der Waals surface area contributed by atoms with E-state index < -0.39 is 5.97 Å². The number of halogens is 1. The number of hydrogen-bond donors (Lipinski definition) is 1. The first-order valence-electron chi connectivity index (χ1n) is 6.78. The van der Waals surface area contributed by atoms with E-state index in [1.54, 1.807) is 12.1 Å². The third-order valence-electron chi connectivity index (χ3n) is 3.55. The van der Waals surface area contributed by atoms with Gasteiger partial charge in [0.05, 0.1) is 6.61 Å². The summed E-state index contributed by atoms with van der Waals surface area (Å²) < 4.78 is 19.2. The Labute approximate surface area is 112 Å². The molecule has 1 aromatic rings. The predicted molar refractivity (Wildman–Crippen MR) is 69.8 cm³/mol. The van der Waals surface area contributed by atoms with Crippen molar-refractivity contribution in [1.82, 2.24) is 0 Å². The van der Waals surface area contributed by atoms with Gasteiger partial charge >= 0.3 is 5.97 Å². The highest BCUT2D eigenvalue weighted by Gasteiger charge is 2.18. The van der Waals surface area contributed by atoms with E-state index in [0.717, 1.165) is 5.56 Å². The van der Waals surface area contributed by atoms with E-state index in [1.807, 2.05) is 0 Å². The lowest BCUT2D eigenvalue weighted by molar-refractivity contribution is -0.137. The molecule has 0 heterocycles. The van der Waals surface area contributed by atoms with Crippen LogP contribution in [-0.4, -0.2) is 17.7 Å². The number of aliphatic carboxylic acids is 1. The van der Waals surface area contributed by atoms with Gasteiger partial charge in [-0.25, -0.2) is 4.39 Å². The van der Waals surface area contributed by atoms with E-state index in [-0.39, 0.29) is 12.2 Å². The Morgan fingerprint density at radius 3 is 2.79 bits per heavy atom. The lowest BCUT2D eigenvalue weighted by Gasteiger charge is -2.25. The first kappa shape index (κ1) is 13.8. The van der Waals surface area contributed by atoms with Gasteiger partial charge in [-0.15, -0.1) is 0 Å². The normalized spacial score (nSPS) is 15.0. The van der Waals surface area contributed by atoms with Crippen LogP contribution in [-0.2, 0) is 11.2 Å². The monoisotopic (exact) mass is 266 g/mol. The molecule has 0 aliphatic heterocycles. The largest absolute Gasteiger partial charge is 0.490 e. The number of benzene rings is 1. The zero-order valence-corrected chi connectivity index (χ0v) is 10.9. The van der Waals surface area contributed by atoms with Crippen molar-refractivity contribution in [2.75, 3.05) is 6.61 Å². The fourth-order valence-electron chi connectivity index (χ4n) is 2.13. The summed E-state index contributed by atoms with van der Waals surface area (Å²) in [5.74, 6) is -0.295. The summed E-state index contributed by atoms with van der Waals surface area (Å²) in [7, 11) is 0. The molecule has 3 nitrogen and oxygen atoms in total. The van der Waals surface area contributed by atoms with E-state index in [9.17, 15) is 9.18 Å². The zero-order valence-electron chi connectivity index (χ0n) is 10.9. The summed E-state index contributed by atoms with van der Waals surface area (Å²) in [6, 6.07) is 4.89. The van der Waals surface area contributed by atoms with E-state index in [4.69, 9.17) is 9.84 Å². The summed E-state index contributed by atoms with van der Waals surface area (Å²) in [4.78, 5) is 10.4. The van der Waals surface area contributed by atoms with Gasteiger partial charge in [-0.05, 0) is 49.3 Å². The average Bonchev–Trinajstić information content (AvgIpc) is 2.29. The number of aryl methyl sites for hydroxylation is 1. The number of carboxylic acids is 1. The summed E-state index contributed by atoms with van der Waals surface area (Å²) in [6.07, 6.45) is 4.81. The molecule has 1 aromatic carbocycles. The van der Waals surface area contributed by atoms with Crippen LogP contribution in [0.25, 0.3) is 0 Å². The summed E-state index contributed by atoms with van der Waals surface area (Å²) >= 11 is 0. The average molecular weight is 266 g/mol. The van der Waals surface area contributed by atoms with Crippen LogP contribution in [0.4, 0.5) is 4.39 Å². The van der Waals surface area contributed by atoms with Crippen LogP contribution >= 0.6 is 0 Å². The van der Waals surface area contributed by atoms with Crippen molar-refractivity contribution in [3.8, 4) is 5.75 Å². The van der Waals surface area contributed by atoms with E-state index in [0.29, 0.717) is 31.1 Å². The van der Waals surface area contributed by atoms with Crippen molar-refractivity contribution in [3.05, 3.63) is 29.6 Å². The number of carboxylic acid groups (broad SMARTS) is 1. The second kappa shape index (κ2) is 6.55. The van der Waals surface area contributed by atoms with E-state index in [2.05, 4.69) is 0 Å². The van der Waals surface area contributed by atoms with E-state index in [1.165, 1.54) is 25.3 Å². The van der Waals surface area contributed by atoms with Crippen molar-refractivity contribution >= 4 is 5.97 Å². The second-order valence-electron chi connectivity index (χ2n) is 5.12. The number of rotatable bonds is 7. The highest BCUT2D eigenvalue weighted by molar-refractivity contribution is 5.66. The third kappa shape index (κ3) is 4.23. The molecule has 19 heavy (non-hydrogen) atoms. The minimum atomic E-state index is -0.819. The van der Waals surface area contributed by atoms with Gasteiger partial charge < -0.3 is 9.84 Å². The maximum absolute atomic E-state index is 13.8. The maximum atomic E-state index is 13.8. The van der Waals surface area contributed by atoms with E-state index >= 15 is 0 Å². The predicted octanol–water partition coefficient (Wildman–Crippen LogP) is 3.41. The smallest absolute Gasteiger partial charge is 0.303 e. The zero-order chi connectivity index (χ0) is 13.7. The molecule has 0 spiro atoms. The lowest BCUT2D eigenvalue weighted by atomic mass is 9.86. The van der Waals surface area contributed by atoms with Crippen LogP contribution in [0.5, 0.6) is 5.75 Å². The standard InChI is InChI=1S/C15H19FO3/c16-13-9-11(3-2-6-15(17)18)7-8-14(13)19-10-12-4-1-5-12/h7-9,12H,1-6,10H2,(H,17,18). The fourth-order valence-corrected chi connectivity index (χ4v) is 2.13. The van der Waals surface area contributed by atoms with Crippen LogP contribution in [0.1, 0.15) is 37.7 Å².